The lowest BCUT2D eigenvalue weighted by Gasteiger charge is -2.19. The predicted molar refractivity (Wildman–Crippen MR) is 114 cm³/mol. The van der Waals surface area contributed by atoms with E-state index >= 15 is 0 Å². The molecular formula is C24H24O7. The van der Waals surface area contributed by atoms with Crippen LogP contribution in [0.5, 0.6) is 11.5 Å². The Bertz CT molecular complexity index is 994. The standard InChI is InChI=1S/C24H24O7/c1-30-17-13-16-9-5-10-18(25)23(28)19(26)11-6-12-21(15-7-3-2-4-8-15)31-24(29)22(16)20(27)14-17/h2-9,11,13-14,18,21,23,25,27-28H,10,12H2,1H3/b9-5+,11-6-/t18-,21+,23-/m0/s1. The van der Waals surface area contributed by atoms with E-state index in [4.69, 9.17) is 9.47 Å². The van der Waals surface area contributed by atoms with Crippen molar-refractivity contribution in [3.05, 3.63) is 77.4 Å². The van der Waals surface area contributed by atoms with E-state index in [0.717, 1.165) is 0 Å². The highest BCUT2D eigenvalue weighted by Gasteiger charge is 2.25. The van der Waals surface area contributed by atoms with Gasteiger partial charge < -0.3 is 24.8 Å². The highest BCUT2D eigenvalue weighted by Crippen LogP contribution is 2.32. The Labute approximate surface area is 179 Å². The van der Waals surface area contributed by atoms with Crippen LogP contribution in [0, 0.1) is 0 Å². The van der Waals surface area contributed by atoms with E-state index in [1.807, 2.05) is 6.07 Å². The molecule has 7 heteroatoms. The second-order valence-corrected chi connectivity index (χ2v) is 7.11. The first-order valence-corrected chi connectivity index (χ1v) is 9.80. The number of ether oxygens (including phenoxy) is 2. The average molecular weight is 424 g/mol. The van der Waals surface area contributed by atoms with Gasteiger partial charge in [0.2, 0.25) is 0 Å². The lowest BCUT2D eigenvalue weighted by molar-refractivity contribution is -0.127. The summed E-state index contributed by atoms with van der Waals surface area (Å²) in [5, 5.41) is 30.7. The van der Waals surface area contributed by atoms with Crippen LogP contribution in [0.1, 0.15) is 40.4 Å². The molecule has 31 heavy (non-hydrogen) atoms. The summed E-state index contributed by atoms with van der Waals surface area (Å²) in [5.41, 5.74) is 0.963. The van der Waals surface area contributed by atoms with Crippen molar-refractivity contribution in [2.45, 2.75) is 31.2 Å². The summed E-state index contributed by atoms with van der Waals surface area (Å²) in [4.78, 5) is 25.2. The fourth-order valence-corrected chi connectivity index (χ4v) is 3.26. The Morgan fingerprint density at radius 2 is 1.71 bits per heavy atom. The summed E-state index contributed by atoms with van der Waals surface area (Å²) in [7, 11) is 1.43. The zero-order chi connectivity index (χ0) is 22.4. The third-order valence-corrected chi connectivity index (χ3v) is 4.95. The maximum atomic E-state index is 13.0. The molecule has 1 aliphatic rings. The Morgan fingerprint density at radius 3 is 2.42 bits per heavy atom. The van der Waals surface area contributed by atoms with Gasteiger partial charge in [-0.15, -0.1) is 0 Å². The number of carbonyl (C=O) groups is 2. The van der Waals surface area contributed by atoms with Gasteiger partial charge in [-0.3, -0.25) is 4.79 Å². The van der Waals surface area contributed by atoms with Crippen LogP contribution >= 0.6 is 0 Å². The molecule has 0 amide bonds. The zero-order valence-corrected chi connectivity index (χ0v) is 17.0. The van der Waals surface area contributed by atoms with Gasteiger partial charge in [0.1, 0.15) is 29.3 Å². The van der Waals surface area contributed by atoms with Crippen LogP contribution in [0.4, 0.5) is 0 Å². The Hall–Kier alpha value is -3.42. The Morgan fingerprint density at radius 1 is 1.00 bits per heavy atom. The number of ketones is 1. The molecule has 0 radical (unpaired) electrons. The summed E-state index contributed by atoms with van der Waals surface area (Å²) in [6.07, 6.45) is 2.13. The minimum absolute atomic E-state index is 0.0418. The molecule has 0 bridgehead atoms. The molecule has 3 N–H and O–H groups in total. The molecule has 1 aliphatic heterocycles. The molecular weight excluding hydrogens is 400 g/mol. The minimum atomic E-state index is -1.58. The monoisotopic (exact) mass is 424 g/mol. The van der Waals surface area contributed by atoms with Crippen LogP contribution in [0.15, 0.2) is 60.7 Å². The first-order chi connectivity index (χ1) is 14.9. The number of fused-ring (bicyclic) bond motifs is 1. The van der Waals surface area contributed by atoms with Gasteiger partial charge in [0.05, 0.1) is 13.2 Å². The van der Waals surface area contributed by atoms with Crippen LogP contribution < -0.4 is 4.74 Å². The number of phenols is 1. The largest absolute Gasteiger partial charge is 0.507 e. The Kier molecular flexibility index (Phi) is 7.23. The maximum absolute atomic E-state index is 13.0. The summed E-state index contributed by atoms with van der Waals surface area (Å²) in [6, 6.07) is 11.8. The third-order valence-electron chi connectivity index (χ3n) is 4.95. The van der Waals surface area contributed by atoms with E-state index in [9.17, 15) is 24.9 Å². The molecule has 0 saturated heterocycles. The molecule has 3 rings (SSSR count). The number of carbonyl (C=O) groups excluding carboxylic acids is 2. The van der Waals surface area contributed by atoms with Crippen LogP contribution in [-0.4, -0.2) is 46.4 Å². The number of hydrogen-bond acceptors (Lipinski definition) is 7. The molecule has 0 aliphatic carbocycles. The van der Waals surface area contributed by atoms with Crippen LogP contribution in [0.2, 0.25) is 0 Å². The number of hydrogen-bond donors (Lipinski definition) is 3. The molecule has 2 aromatic carbocycles. The average Bonchev–Trinajstić information content (AvgIpc) is 2.77. The van der Waals surface area contributed by atoms with Crippen molar-refractivity contribution in [2.24, 2.45) is 0 Å². The van der Waals surface area contributed by atoms with Gasteiger partial charge >= 0.3 is 5.97 Å². The molecule has 2 aromatic rings. The van der Waals surface area contributed by atoms with Crippen molar-refractivity contribution < 1.29 is 34.4 Å². The number of rotatable bonds is 2. The topological polar surface area (TPSA) is 113 Å². The van der Waals surface area contributed by atoms with Crippen molar-refractivity contribution in [1.29, 1.82) is 0 Å². The lowest BCUT2D eigenvalue weighted by Crippen LogP contribution is -2.32. The second-order valence-electron chi connectivity index (χ2n) is 7.11. The number of aromatic hydroxyl groups is 1. The fourth-order valence-electron chi connectivity index (χ4n) is 3.26. The zero-order valence-electron chi connectivity index (χ0n) is 17.0. The molecule has 7 nitrogen and oxygen atoms in total. The SMILES string of the molecule is COc1cc(O)c2c(c1)/C=C/C[C@H](O)[C@H](O)C(=O)/C=C\C[C@H](c1ccccc1)OC2=O. The van der Waals surface area contributed by atoms with E-state index in [1.165, 1.54) is 37.5 Å². The predicted octanol–water partition coefficient (Wildman–Crippen LogP) is 2.95. The minimum Gasteiger partial charge on any atom is -0.507 e. The molecule has 0 fully saturated rings. The van der Waals surface area contributed by atoms with Gasteiger partial charge in [0, 0.05) is 12.5 Å². The summed E-state index contributed by atoms with van der Waals surface area (Å²) >= 11 is 0. The number of methoxy groups -OCH3 is 1. The summed E-state index contributed by atoms with van der Waals surface area (Å²) in [5.74, 6) is -1.37. The van der Waals surface area contributed by atoms with Gasteiger partial charge in [-0.25, -0.2) is 4.79 Å². The highest BCUT2D eigenvalue weighted by atomic mass is 16.5. The van der Waals surface area contributed by atoms with Gasteiger partial charge in [-0.2, -0.15) is 0 Å². The quantitative estimate of drug-likeness (QED) is 0.635. The number of aliphatic hydroxyl groups excluding tert-OH is 2. The van der Waals surface area contributed by atoms with Gasteiger partial charge in [0.25, 0.3) is 0 Å². The molecule has 162 valence electrons. The molecule has 3 atom stereocenters. The Balaban J connectivity index is 2.07. The lowest BCUT2D eigenvalue weighted by atomic mass is 10.0. The normalized spacial score (nSPS) is 24.4. The number of esters is 1. The van der Waals surface area contributed by atoms with Crippen molar-refractivity contribution in [3.8, 4) is 11.5 Å². The van der Waals surface area contributed by atoms with Crippen LogP contribution in [0.25, 0.3) is 6.08 Å². The van der Waals surface area contributed by atoms with Crippen molar-refractivity contribution in [1.82, 2.24) is 0 Å². The van der Waals surface area contributed by atoms with Crippen molar-refractivity contribution >= 4 is 17.8 Å². The molecule has 0 saturated carbocycles. The maximum Gasteiger partial charge on any atom is 0.343 e. The van der Waals surface area contributed by atoms with Crippen molar-refractivity contribution in [3.63, 3.8) is 0 Å². The number of phenolic OH excluding ortho intramolecular Hbond substituents is 1. The highest BCUT2D eigenvalue weighted by molar-refractivity contribution is 5.97. The van der Waals surface area contributed by atoms with E-state index in [-0.39, 0.29) is 24.2 Å². The van der Waals surface area contributed by atoms with Crippen molar-refractivity contribution in [2.75, 3.05) is 7.11 Å². The first-order valence-electron chi connectivity index (χ1n) is 9.80. The van der Waals surface area contributed by atoms with Gasteiger partial charge in [-0.05, 0) is 29.7 Å². The van der Waals surface area contributed by atoms with E-state index in [2.05, 4.69) is 0 Å². The number of cyclic esters (lactones) is 1. The summed E-state index contributed by atoms with van der Waals surface area (Å²) < 4.78 is 10.9. The van der Waals surface area contributed by atoms with Crippen LogP contribution in [-0.2, 0) is 9.53 Å². The first kappa shape index (κ1) is 22.3. The third kappa shape index (κ3) is 5.39. The van der Waals surface area contributed by atoms with Crippen LogP contribution in [0.3, 0.4) is 0 Å². The van der Waals surface area contributed by atoms with E-state index in [1.54, 1.807) is 30.3 Å². The number of benzene rings is 2. The van der Waals surface area contributed by atoms with Gasteiger partial charge in [-0.1, -0.05) is 48.6 Å². The molecule has 0 spiro atoms. The summed E-state index contributed by atoms with van der Waals surface area (Å²) in [6.45, 7) is 0. The molecule has 0 unspecified atom stereocenters. The van der Waals surface area contributed by atoms with E-state index < -0.39 is 30.1 Å². The number of aliphatic hydroxyl groups is 2. The second kappa shape index (κ2) is 10.1. The van der Waals surface area contributed by atoms with E-state index in [0.29, 0.717) is 16.9 Å². The smallest absolute Gasteiger partial charge is 0.343 e. The molecule has 1 heterocycles. The molecule has 0 aromatic heterocycles. The fraction of sp³-hybridized carbons (Fsp3) is 0.250. The van der Waals surface area contributed by atoms with Gasteiger partial charge in [0.15, 0.2) is 5.78 Å².